The summed E-state index contributed by atoms with van der Waals surface area (Å²) < 4.78 is 0. The minimum atomic E-state index is 0.208. The van der Waals surface area contributed by atoms with Gasteiger partial charge in [-0.15, -0.1) is 0 Å². The molecule has 0 saturated carbocycles. The van der Waals surface area contributed by atoms with Gasteiger partial charge >= 0.3 is 0 Å². The lowest BCUT2D eigenvalue weighted by molar-refractivity contribution is -0.117. The molecule has 0 radical (unpaired) electrons. The molecule has 2 heteroatoms. The molecule has 14 heavy (non-hydrogen) atoms. The van der Waals surface area contributed by atoms with Gasteiger partial charge in [0.2, 0.25) is 0 Å². The van der Waals surface area contributed by atoms with Gasteiger partial charge in [-0.05, 0) is 26.5 Å². The Morgan fingerprint density at radius 2 is 1.86 bits per heavy atom. The number of likely N-dealkylation sites (N-methyl/N-ethyl adjacent to an activating group) is 1. The molecule has 1 rings (SSSR count). The summed E-state index contributed by atoms with van der Waals surface area (Å²) in [7, 11) is 1.96. The molecular weight excluding hydrogens is 174 g/mol. The number of Topliss-reactive ketones (excluding diaryl/α,β-unsaturated/α-hetero) is 1. The van der Waals surface area contributed by atoms with E-state index in [-0.39, 0.29) is 5.78 Å². The summed E-state index contributed by atoms with van der Waals surface area (Å²) in [6, 6.07) is 8.39. The molecule has 0 heterocycles. The number of ketones is 1. The second-order valence-electron chi connectivity index (χ2n) is 3.86. The van der Waals surface area contributed by atoms with Crippen molar-refractivity contribution >= 4 is 5.78 Å². The summed E-state index contributed by atoms with van der Waals surface area (Å²) in [6.07, 6.45) is 0. The zero-order chi connectivity index (χ0) is 10.6. The van der Waals surface area contributed by atoms with Gasteiger partial charge in [0.15, 0.2) is 0 Å². The first-order valence-electron chi connectivity index (χ1n) is 4.81. The zero-order valence-electron chi connectivity index (χ0n) is 9.08. The van der Waals surface area contributed by atoms with Gasteiger partial charge in [-0.25, -0.2) is 0 Å². The molecule has 1 aromatic rings. The number of hydrogen-bond donors (Lipinski definition) is 0. The molecule has 0 N–H and O–H groups in total. The largest absolute Gasteiger partial charge is 0.299 e. The fourth-order valence-electron chi connectivity index (χ4n) is 1.44. The molecular formula is C12H17NO. The van der Waals surface area contributed by atoms with Crippen LogP contribution >= 0.6 is 0 Å². The van der Waals surface area contributed by atoms with Gasteiger partial charge in [0, 0.05) is 6.54 Å². The third-order valence-corrected chi connectivity index (χ3v) is 2.07. The number of hydrogen-bond acceptors (Lipinski definition) is 2. The van der Waals surface area contributed by atoms with Crippen molar-refractivity contribution < 1.29 is 4.79 Å². The van der Waals surface area contributed by atoms with E-state index in [0.29, 0.717) is 6.54 Å². The van der Waals surface area contributed by atoms with Crippen molar-refractivity contribution in [1.82, 2.24) is 4.90 Å². The predicted octanol–water partition coefficient (Wildman–Crippen LogP) is 2.02. The van der Waals surface area contributed by atoms with Crippen LogP contribution in [-0.2, 0) is 11.3 Å². The molecule has 0 spiro atoms. The van der Waals surface area contributed by atoms with Crippen LogP contribution in [0.25, 0.3) is 0 Å². The molecule has 0 unspecified atom stereocenters. The van der Waals surface area contributed by atoms with E-state index in [1.165, 1.54) is 11.1 Å². The number of benzene rings is 1. The summed E-state index contributed by atoms with van der Waals surface area (Å²) in [4.78, 5) is 12.9. The van der Waals surface area contributed by atoms with Crippen LogP contribution in [-0.4, -0.2) is 24.3 Å². The average Bonchev–Trinajstić information content (AvgIpc) is 2.07. The Hall–Kier alpha value is -1.15. The van der Waals surface area contributed by atoms with E-state index in [2.05, 4.69) is 31.2 Å². The quantitative estimate of drug-likeness (QED) is 0.725. The van der Waals surface area contributed by atoms with Gasteiger partial charge in [-0.1, -0.05) is 29.8 Å². The maximum Gasteiger partial charge on any atom is 0.143 e. The SMILES string of the molecule is CC(=O)CN(C)Cc1ccc(C)cc1. The van der Waals surface area contributed by atoms with Crippen LogP contribution in [0.15, 0.2) is 24.3 Å². The van der Waals surface area contributed by atoms with E-state index in [1.54, 1.807) is 6.92 Å². The number of aryl methyl sites for hydroxylation is 1. The molecule has 0 aromatic heterocycles. The maximum absolute atomic E-state index is 10.9. The van der Waals surface area contributed by atoms with E-state index in [9.17, 15) is 4.79 Å². The number of carbonyl (C=O) groups excluding carboxylic acids is 1. The first-order valence-corrected chi connectivity index (χ1v) is 4.81. The number of nitrogens with zero attached hydrogens (tertiary/aromatic N) is 1. The summed E-state index contributed by atoms with van der Waals surface area (Å²) >= 11 is 0. The molecule has 76 valence electrons. The predicted molar refractivity (Wildman–Crippen MR) is 58.2 cm³/mol. The van der Waals surface area contributed by atoms with E-state index in [4.69, 9.17) is 0 Å². The summed E-state index contributed by atoms with van der Waals surface area (Å²) in [5, 5.41) is 0. The highest BCUT2D eigenvalue weighted by Crippen LogP contribution is 2.05. The minimum absolute atomic E-state index is 0.208. The van der Waals surface area contributed by atoms with Crippen molar-refractivity contribution in [3.63, 3.8) is 0 Å². The van der Waals surface area contributed by atoms with Crippen molar-refractivity contribution in [3.8, 4) is 0 Å². The summed E-state index contributed by atoms with van der Waals surface area (Å²) in [5.74, 6) is 0.208. The molecule has 0 atom stereocenters. The Bertz CT molecular complexity index is 303. The smallest absolute Gasteiger partial charge is 0.143 e. The zero-order valence-corrected chi connectivity index (χ0v) is 9.08. The molecule has 0 aliphatic rings. The van der Waals surface area contributed by atoms with Crippen LogP contribution in [0.2, 0.25) is 0 Å². The van der Waals surface area contributed by atoms with Gasteiger partial charge in [-0.2, -0.15) is 0 Å². The van der Waals surface area contributed by atoms with E-state index in [1.807, 2.05) is 11.9 Å². The molecule has 0 aliphatic carbocycles. The Morgan fingerprint density at radius 3 is 2.36 bits per heavy atom. The van der Waals surface area contributed by atoms with Gasteiger partial charge in [0.1, 0.15) is 5.78 Å². The number of rotatable bonds is 4. The molecule has 2 nitrogen and oxygen atoms in total. The normalized spacial score (nSPS) is 10.6. The van der Waals surface area contributed by atoms with Crippen molar-refractivity contribution in [1.29, 1.82) is 0 Å². The highest BCUT2D eigenvalue weighted by Gasteiger charge is 2.02. The van der Waals surface area contributed by atoms with Crippen LogP contribution < -0.4 is 0 Å². The lowest BCUT2D eigenvalue weighted by Crippen LogP contribution is -2.23. The topological polar surface area (TPSA) is 20.3 Å². The third kappa shape index (κ3) is 3.71. The van der Waals surface area contributed by atoms with Crippen molar-refractivity contribution in [2.75, 3.05) is 13.6 Å². The van der Waals surface area contributed by atoms with E-state index >= 15 is 0 Å². The van der Waals surface area contributed by atoms with Crippen LogP contribution in [0, 0.1) is 6.92 Å². The van der Waals surface area contributed by atoms with Gasteiger partial charge in [-0.3, -0.25) is 9.69 Å². The third-order valence-electron chi connectivity index (χ3n) is 2.07. The molecule has 0 saturated heterocycles. The first-order chi connectivity index (χ1) is 6.58. The van der Waals surface area contributed by atoms with Crippen LogP contribution in [0.1, 0.15) is 18.1 Å². The van der Waals surface area contributed by atoms with Gasteiger partial charge in [0.05, 0.1) is 6.54 Å². The lowest BCUT2D eigenvalue weighted by atomic mass is 10.1. The van der Waals surface area contributed by atoms with Gasteiger partial charge in [0.25, 0.3) is 0 Å². The standard InChI is InChI=1S/C12H17NO/c1-10-4-6-12(7-5-10)9-13(3)8-11(2)14/h4-7H,8-9H2,1-3H3. The van der Waals surface area contributed by atoms with Crippen molar-refractivity contribution in [3.05, 3.63) is 35.4 Å². The molecule has 1 aromatic carbocycles. The Kier molecular flexibility index (Phi) is 3.84. The van der Waals surface area contributed by atoms with Crippen LogP contribution in [0.5, 0.6) is 0 Å². The van der Waals surface area contributed by atoms with E-state index in [0.717, 1.165) is 6.54 Å². The monoisotopic (exact) mass is 191 g/mol. The second-order valence-corrected chi connectivity index (χ2v) is 3.86. The Labute approximate surface area is 85.5 Å². The maximum atomic E-state index is 10.9. The number of carbonyl (C=O) groups is 1. The average molecular weight is 191 g/mol. The Balaban J connectivity index is 2.51. The molecule has 0 fully saturated rings. The highest BCUT2D eigenvalue weighted by molar-refractivity contribution is 5.77. The summed E-state index contributed by atoms with van der Waals surface area (Å²) in [5.41, 5.74) is 2.52. The highest BCUT2D eigenvalue weighted by atomic mass is 16.1. The summed E-state index contributed by atoms with van der Waals surface area (Å²) in [6.45, 7) is 5.04. The molecule has 0 aliphatic heterocycles. The molecule has 0 bridgehead atoms. The fourth-order valence-corrected chi connectivity index (χ4v) is 1.44. The lowest BCUT2D eigenvalue weighted by Gasteiger charge is -2.14. The molecule has 0 amide bonds. The van der Waals surface area contributed by atoms with Crippen LogP contribution in [0.3, 0.4) is 0 Å². The van der Waals surface area contributed by atoms with E-state index < -0.39 is 0 Å². The van der Waals surface area contributed by atoms with Crippen molar-refractivity contribution in [2.24, 2.45) is 0 Å². The first kappa shape index (κ1) is 10.9. The minimum Gasteiger partial charge on any atom is -0.299 e. The second kappa shape index (κ2) is 4.91. The fraction of sp³-hybridized carbons (Fsp3) is 0.417. The van der Waals surface area contributed by atoms with Gasteiger partial charge < -0.3 is 0 Å². The van der Waals surface area contributed by atoms with Crippen molar-refractivity contribution in [2.45, 2.75) is 20.4 Å². The van der Waals surface area contributed by atoms with Crippen LogP contribution in [0.4, 0.5) is 0 Å². The Morgan fingerprint density at radius 1 is 1.29 bits per heavy atom.